The molecular formula is C11H8N2O3. The molecule has 0 fully saturated rings. The maximum Gasteiger partial charge on any atom is 0.242 e. The maximum atomic E-state index is 11.5. The fraction of sp³-hybridized carbons (Fsp3) is 0.273. The van der Waals surface area contributed by atoms with Crippen molar-refractivity contribution in [2.75, 3.05) is 12.1 Å². The van der Waals surface area contributed by atoms with Crippen LogP contribution < -0.4 is 14.8 Å². The predicted molar refractivity (Wildman–Crippen MR) is 54.0 cm³/mol. The molecule has 5 nitrogen and oxygen atoms in total. The van der Waals surface area contributed by atoms with Gasteiger partial charge in [0.05, 0.1) is 6.07 Å². The standard InChI is InChI=1S/C11H8N2O3/c12-4-7-1-6-2-9-10(16-5-15-9)3-8(6)13-11(7)14/h2-3,7H,1,5H2,(H,13,14). The number of amides is 1. The van der Waals surface area contributed by atoms with Crippen molar-refractivity contribution < 1.29 is 14.3 Å². The fourth-order valence-electron chi connectivity index (χ4n) is 1.91. The smallest absolute Gasteiger partial charge is 0.242 e. The van der Waals surface area contributed by atoms with Gasteiger partial charge in [-0.3, -0.25) is 4.79 Å². The van der Waals surface area contributed by atoms with Gasteiger partial charge in [-0.25, -0.2) is 0 Å². The molecule has 80 valence electrons. The Kier molecular flexibility index (Phi) is 1.77. The first-order valence-electron chi connectivity index (χ1n) is 4.91. The number of nitrogens with zero attached hydrogens (tertiary/aromatic N) is 1. The monoisotopic (exact) mass is 216 g/mol. The van der Waals surface area contributed by atoms with Crippen molar-refractivity contribution in [1.82, 2.24) is 0 Å². The minimum Gasteiger partial charge on any atom is -0.454 e. The SMILES string of the molecule is N#CC1Cc2cc3c(cc2NC1=O)OCO3. The van der Waals surface area contributed by atoms with Crippen LogP contribution in [0.15, 0.2) is 12.1 Å². The van der Waals surface area contributed by atoms with E-state index >= 15 is 0 Å². The molecule has 0 saturated carbocycles. The number of benzene rings is 1. The lowest BCUT2D eigenvalue weighted by Crippen LogP contribution is -2.28. The highest BCUT2D eigenvalue weighted by molar-refractivity contribution is 5.97. The Bertz CT molecular complexity index is 519. The van der Waals surface area contributed by atoms with E-state index in [2.05, 4.69) is 5.32 Å². The number of ether oxygens (including phenoxy) is 2. The van der Waals surface area contributed by atoms with Gasteiger partial charge in [-0.1, -0.05) is 0 Å². The van der Waals surface area contributed by atoms with Crippen LogP contribution in [0, 0.1) is 17.2 Å². The van der Waals surface area contributed by atoms with Crippen molar-refractivity contribution in [3.05, 3.63) is 17.7 Å². The molecule has 16 heavy (non-hydrogen) atoms. The first-order valence-corrected chi connectivity index (χ1v) is 4.91. The first kappa shape index (κ1) is 9.04. The zero-order chi connectivity index (χ0) is 11.1. The van der Waals surface area contributed by atoms with Crippen molar-refractivity contribution in [2.24, 2.45) is 5.92 Å². The Morgan fingerprint density at radius 3 is 2.88 bits per heavy atom. The van der Waals surface area contributed by atoms with Crippen molar-refractivity contribution in [3.63, 3.8) is 0 Å². The Labute approximate surface area is 91.6 Å². The quantitative estimate of drug-likeness (QED) is 0.703. The van der Waals surface area contributed by atoms with E-state index < -0.39 is 5.92 Å². The minimum atomic E-state index is -0.618. The number of carbonyl (C=O) groups excluding carboxylic acids is 1. The molecule has 5 heteroatoms. The van der Waals surface area contributed by atoms with Crippen molar-refractivity contribution in [3.8, 4) is 17.6 Å². The number of rotatable bonds is 0. The van der Waals surface area contributed by atoms with Gasteiger partial charge in [0.15, 0.2) is 11.5 Å². The Balaban J connectivity index is 2.06. The summed E-state index contributed by atoms with van der Waals surface area (Å²) in [7, 11) is 0. The van der Waals surface area contributed by atoms with Gasteiger partial charge in [-0.2, -0.15) is 5.26 Å². The van der Waals surface area contributed by atoms with Gasteiger partial charge in [0.2, 0.25) is 12.7 Å². The number of nitriles is 1. The number of carbonyl (C=O) groups is 1. The number of hydrogen-bond donors (Lipinski definition) is 1. The van der Waals surface area contributed by atoms with E-state index in [1.165, 1.54) is 0 Å². The zero-order valence-electron chi connectivity index (χ0n) is 8.32. The second kappa shape index (κ2) is 3.14. The van der Waals surface area contributed by atoms with Gasteiger partial charge < -0.3 is 14.8 Å². The zero-order valence-corrected chi connectivity index (χ0v) is 8.32. The number of anilines is 1. The van der Waals surface area contributed by atoms with Gasteiger partial charge >= 0.3 is 0 Å². The number of fused-ring (bicyclic) bond motifs is 2. The molecule has 1 amide bonds. The molecule has 1 aromatic rings. The average molecular weight is 216 g/mol. The van der Waals surface area contributed by atoms with E-state index in [0.29, 0.717) is 23.6 Å². The second-order valence-corrected chi connectivity index (χ2v) is 3.74. The fourth-order valence-corrected chi connectivity index (χ4v) is 1.91. The van der Waals surface area contributed by atoms with Gasteiger partial charge in [-0.15, -0.1) is 0 Å². The third-order valence-electron chi connectivity index (χ3n) is 2.75. The van der Waals surface area contributed by atoms with Crippen LogP contribution in [0.1, 0.15) is 5.56 Å². The number of nitrogens with one attached hydrogen (secondary N) is 1. The minimum absolute atomic E-state index is 0.202. The molecule has 0 bridgehead atoms. The largest absolute Gasteiger partial charge is 0.454 e. The van der Waals surface area contributed by atoms with E-state index in [1.54, 1.807) is 6.07 Å². The van der Waals surface area contributed by atoms with Crippen LogP contribution in [0.3, 0.4) is 0 Å². The molecule has 0 radical (unpaired) electrons. The van der Waals surface area contributed by atoms with E-state index in [4.69, 9.17) is 14.7 Å². The molecule has 0 aliphatic carbocycles. The van der Waals surface area contributed by atoms with Crippen LogP contribution in [-0.4, -0.2) is 12.7 Å². The molecule has 1 aromatic carbocycles. The van der Waals surface area contributed by atoms with Crippen LogP contribution in [0.5, 0.6) is 11.5 Å². The van der Waals surface area contributed by atoms with Crippen LogP contribution in [0.2, 0.25) is 0 Å². The summed E-state index contributed by atoms with van der Waals surface area (Å²) in [5, 5.41) is 11.5. The highest BCUT2D eigenvalue weighted by Crippen LogP contribution is 2.39. The summed E-state index contributed by atoms with van der Waals surface area (Å²) in [6, 6.07) is 5.54. The molecule has 1 atom stereocenters. The van der Waals surface area contributed by atoms with Crippen LogP contribution in [-0.2, 0) is 11.2 Å². The molecule has 2 aliphatic heterocycles. The molecular weight excluding hydrogens is 208 g/mol. The summed E-state index contributed by atoms with van der Waals surface area (Å²) < 4.78 is 10.5. The molecule has 2 heterocycles. The molecule has 2 aliphatic rings. The van der Waals surface area contributed by atoms with Crippen molar-refractivity contribution in [2.45, 2.75) is 6.42 Å². The van der Waals surface area contributed by atoms with Gasteiger partial charge in [0, 0.05) is 11.8 Å². The first-order chi connectivity index (χ1) is 7.78. The lowest BCUT2D eigenvalue weighted by atomic mass is 9.94. The number of hydrogen-bond acceptors (Lipinski definition) is 4. The molecule has 0 aromatic heterocycles. The van der Waals surface area contributed by atoms with E-state index in [-0.39, 0.29) is 12.7 Å². The van der Waals surface area contributed by atoms with Crippen LogP contribution in [0.25, 0.3) is 0 Å². The summed E-state index contributed by atoms with van der Waals surface area (Å²) >= 11 is 0. The van der Waals surface area contributed by atoms with E-state index in [0.717, 1.165) is 5.56 Å². The van der Waals surface area contributed by atoms with Gasteiger partial charge in [0.1, 0.15) is 5.92 Å². The normalized spacial score (nSPS) is 20.9. The highest BCUT2D eigenvalue weighted by atomic mass is 16.7. The molecule has 1 N–H and O–H groups in total. The Morgan fingerprint density at radius 1 is 1.38 bits per heavy atom. The molecule has 0 saturated heterocycles. The average Bonchev–Trinajstić information content (AvgIpc) is 2.72. The summed E-state index contributed by atoms with van der Waals surface area (Å²) in [6.45, 7) is 0.202. The van der Waals surface area contributed by atoms with E-state index in [9.17, 15) is 4.79 Å². The lowest BCUT2D eigenvalue weighted by molar-refractivity contribution is -0.118. The van der Waals surface area contributed by atoms with Crippen molar-refractivity contribution >= 4 is 11.6 Å². The van der Waals surface area contributed by atoms with E-state index in [1.807, 2.05) is 12.1 Å². The molecule has 3 rings (SSSR count). The van der Waals surface area contributed by atoms with Gasteiger partial charge in [-0.05, 0) is 18.1 Å². The third-order valence-corrected chi connectivity index (χ3v) is 2.75. The summed E-state index contributed by atoms with van der Waals surface area (Å²) in [4.78, 5) is 11.5. The van der Waals surface area contributed by atoms with Crippen LogP contribution in [0.4, 0.5) is 5.69 Å². The Morgan fingerprint density at radius 2 is 2.12 bits per heavy atom. The lowest BCUT2D eigenvalue weighted by Gasteiger charge is -2.20. The summed E-state index contributed by atoms with van der Waals surface area (Å²) in [5.41, 5.74) is 1.62. The van der Waals surface area contributed by atoms with Crippen molar-refractivity contribution in [1.29, 1.82) is 5.26 Å². The topological polar surface area (TPSA) is 71.4 Å². The predicted octanol–water partition coefficient (Wildman–Crippen LogP) is 1.05. The summed E-state index contributed by atoms with van der Waals surface area (Å²) in [5.74, 6) is 0.433. The Hall–Kier alpha value is -2.22. The molecule has 0 spiro atoms. The third kappa shape index (κ3) is 1.20. The molecule has 1 unspecified atom stereocenters. The maximum absolute atomic E-state index is 11.5. The van der Waals surface area contributed by atoms with Crippen LogP contribution >= 0.6 is 0 Å². The van der Waals surface area contributed by atoms with Gasteiger partial charge in [0.25, 0.3) is 0 Å². The second-order valence-electron chi connectivity index (χ2n) is 3.74. The highest BCUT2D eigenvalue weighted by Gasteiger charge is 2.28. The summed E-state index contributed by atoms with van der Waals surface area (Å²) in [6.07, 6.45) is 0.425.